The minimum atomic E-state index is -0.220. The first-order chi connectivity index (χ1) is 12.8. The third-order valence-electron chi connectivity index (χ3n) is 4.67. The molecule has 0 saturated carbocycles. The van der Waals surface area contributed by atoms with Gasteiger partial charge in [-0.3, -0.25) is 0 Å². The number of likely N-dealkylation sites (tertiary alicyclic amines) is 1. The molecule has 0 aromatic heterocycles. The van der Waals surface area contributed by atoms with Crippen LogP contribution >= 0.6 is 24.0 Å². The molecule has 1 aliphatic heterocycles. The summed E-state index contributed by atoms with van der Waals surface area (Å²) in [6, 6.07) is 6.35. The summed E-state index contributed by atoms with van der Waals surface area (Å²) >= 11 is 0. The maximum absolute atomic E-state index is 6.16. The van der Waals surface area contributed by atoms with Crippen LogP contribution in [0.4, 0.5) is 0 Å². The van der Waals surface area contributed by atoms with Crippen LogP contribution in [-0.2, 0) is 6.54 Å². The molecule has 6 heteroatoms. The monoisotopic (exact) mass is 502 g/mol. The van der Waals surface area contributed by atoms with Crippen LogP contribution in [0, 0.1) is 12.8 Å². The van der Waals surface area contributed by atoms with Crippen LogP contribution in [0.25, 0.3) is 0 Å². The molecule has 1 aliphatic rings. The number of hydrogen-bond donors (Lipinski definition) is 2. The van der Waals surface area contributed by atoms with Gasteiger partial charge in [0.2, 0.25) is 0 Å². The van der Waals surface area contributed by atoms with E-state index >= 15 is 0 Å². The molecule has 2 N–H and O–H groups in total. The van der Waals surface area contributed by atoms with E-state index in [1.165, 1.54) is 24.9 Å². The van der Waals surface area contributed by atoms with Crippen LogP contribution in [-0.4, -0.2) is 49.7 Å². The Morgan fingerprint density at radius 3 is 2.68 bits per heavy atom. The Labute approximate surface area is 188 Å². The lowest BCUT2D eigenvalue weighted by molar-refractivity contribution is 0.129. The molecule has 1 aromatic rings. The maximum Gasteiger partial charge on any atom is 0.191 e. The van der Waals surface area contributed by atoms with E-state index in [-0.39, 0.29) is 29.6 Å². The average molecular weight is 502 g/mol. The standard InChI is InChI=1S/C22H38N4O.HI/c1-7-23-21(24-14-18-9-8-12-26(6)16-18)25-15-19-11-10-17(2)13-20(19)27-22(3,4)5;/h10-11,13,18H,7-9,12,14-16H2,1-6H3,(H2,23,24,25);1H. The van der Waals surface area contributed by atoms with Gasteiger partial charge in [0.1, 0.15) is 11.4 Å². The third-order valence-corrected chi connectivity index (χ3v) is 4.67. The molecule has 1 fully saturated rings. The number of rotatable bonds is 6. The van der Waals surface area contributed by atoms with E-state index in [4.69, 9.17) is 9.73 Å². The Kier molecular flexibility index (Phi) is 10.6. The Morgan fingerprint density at radius 1 is 1.29 bits per heavy atom. The maximum atomic E-state index is 6.16. The van der Waals surface area contributed by atoms with Crippen molar-refractivity contribution in [2.24, 2.45) is 10.9 Å². The lowest BCUT2D eigenvalue weighted by Crippen LogP contribution is -2.43. The largest absolute Gasteiger partial charge is 0.488 e. The zero-order valence-corrected chi connectivity index (χ0v) is 20.8. The minimum Gasteiger partial charge on any atom is -0.488 e. The molecule has 0 spiro atoms. The zero-order valence-electron chi connectivity index (χ0n) is 18.5. The molecular formula is C22H39IN4O. The highest BCUT2D eigenvalue weighted by molar-refractivity contribution is 14.0. The Morgan fingerprint density at radius 2 is 2.04 bits per heavy atom. The van der Waals surface area contributed by atoms with E-state index in [1.807, 2.05) is 0 Å². The van der Waals surface area contributed by atoms with E-state index in [9.17, 15) is 0 Å². The molecule has 1 aromatic carbocycles. The Balaban J connectivity index is 0.00000392. The van der Waals surface area contributed by atoms with Crippen LogP contribution in [0.2, 0.25) is 0 Å². The van der Waals surface area contributed by atoms with Crippen molar-refractivity contribution in [2.45, 2.75) is 59.6 Å². The first-order valence-electron chi connectivity index (χ1n) is 10.3. The van der Waals surface area contributed by atoms with Crippen molar-refractivity contribution >= 4 is 29.9 Å². The van der Waals surface area contributed by atoms with E-state index in [0.29, 0.717) is 12.5 Å². The summed E-state index contributed by atoms with van der Waals surface area (Å²) in [5.74, 6) is 2.50. The quantitative estimate of drug-likeness (QED) is 0.348. The number of aryl methyl sites for hydroxylation is 1. The number of halogens is 1. The van der Waals surface area contributed by atoms with Crippen molar-refractivity contribution in [3.05, 3.63) is 29.3 Å². The molecule has 160 valence electrons. The second-order valence-corrected chi connectivity index (χ2v) is 8.67. The van der Waals surface area contributed by atoms with Gasteiger partial charge in [-0.25, -0.2) is 4.99 Å². The highest BCUT2D eigenvalue weighted by Crippen LogP contribution is 2.25. The van der Waals surface area contributed by atoms with Crippen molar-refractivity contribution in [2.75, 3.05) is 33.2 Å². The Hall–Kier alpha value is -1.02. The lowest BCUT2D eigenvalue weighted by Gasteiger charge is -2.30. The molecule has 0 aliphatic carbocycles. The van der Waals surface area contributed by atoms with Gasteiger partial charge in [-0.1, -0.05) is 12.1 Å². The van der Waals surface area contributed by atoms with E-state index in [0.717, 1.165) is 36.9 Å². The van der Waals surface area contributed by atoms with Gasteiger partial charge in [-0.15, -0.1) is 24.0 Å². The highest BCUT2D eigenvalue weighted by Gasteiger charge is 2.18. The van der Waals surface area contributed by atoms with E-state index < -0.39 is 0 Å². The van der Waals surface area contributed by atoms with Crippen molar-refractivity contribution in [1.29, 1.82) is 0 Å². The fourth-order valence-corrected chi connectivity index (χ4v) is 3.40. The molecule has 1 saturated heterocycles. The zero-order chi connectivity index (χ0) is 19.9. The molecule has 1 unspecified atom stereocenters. The summed E-state index contributed by atoms with van der Waals surface area (Å²) in [7, 11) is 2.21. The number of ether oxygens (including phenoxy) is 1. The predicted molar refractivity (Wildman–Crippen MR) is 130 cm³/mol. The number of hydrogen-bond acceptors (Lipinski definition) is 3. The van der Waals surface area contributed by atoms with Gasteiger partial charge < -0.3 is 20.3 Å². The van der Waals surface area contributed by atoms with Crippen LogP contribution in [0.15, 0.2) is 23.2 Å². The molecule has 28 heavy (non-hydrogen) atoms. The first-order valence-corrected chi connectivity index (χ1v) is 10.3. The average Bonchev–Trinajstić information content (AvgIpc) is 2.57. The summed E-state index contributed by atoms with van der Waals surface area (Å²) in [6.45, 7) is 15.2. The van der Waals surface area contributed by atoms with Gasteiger partial charge in [-0.2, -0.15) is 0 Å². The van der Waals surface area contributed by atoms with Gasteiger partial charge in [0.05, 0.1) is 6.54 Å². The highest BCUT2D eigenvalue weighted by atomic mass is 127. The normalized spacial score (nSPS) is 18.4. The molecule has 1 heterocycles. The van der Waals surface area contributed by atoms with Gasteiger partial charge in [0, 0.05) is 25.2 Å². The summed E-state index contributed by atoms with van der Waals surface area (Å²) in [6.07, 6.45) is 2.58. The van der Waals surface area contributed by atoms with Gasteiger partial charge in [-0.05, 0) is 78.6 Å². The molecule has 5 nitrogen and oxygen atoms in total. The summed E-state index contributed by atoms with van der Waals surface area (Å²) < 4.78 is 6.16. The molecule has 0 amide bonds. The van der Waals surface area contributed by atoms with Crippen LogP contribution in [0.3, 0.4) is 0 Å². The molecule has 0 bridgehead atoms. The van der Waals surface area contributed by atoms with Crippen molar-refractivity contribution in [1.82, 2.24) is 15.5 Å². The predicted octanol–water partition coefficient (Wildman–Crippen LogP) is 4.19. The SMILES string of the molecule is CCNC(=NCc1ccc(C)cc1OC(C)(C)C)NCC1CCCN(C)C1.I. The number of nitrogens with one attached hydrogen (secondary N) is 2. The third kappa shape index (κ3) is 8.99. The van der Waals surface area contributed by atoms with E-state index in [1.54, 1.807) is 0 Å². The summed E-state index contributed by atoms with van der Waals surface area (Å²) in [5, 5.41) is 6.90. The molecular weight excluding hydrogens is 463 g/mol. The van der Waals surface area contributed by atoms with Crippen LogP contribution < -0.4 is 15.4 Å². The Bertz CT molecular complexity index is 627. The second kappa shape index (κ2) is 11.9. The van der Waals surface area contributed by atoms with Crippen molar-refractivity contribution in [3.63, 3.8) is 0 Å². The van der Waals surface area contributed by atoms with Gasteiger partial charge in [0.15, 0.2) is 5.96 Å². The topological polar surface area (TPSA) is 48.9 Å². The molecule has 1 atom stereocenters. The van der Waals surface area contributed by atoms with E-state index in [2.05, 4.69) is 75.4 Å². The molecule has 0 radical (unpaired) electrons. The number of piperidine rings is 1. The van der Waals surface area contributed by atoms with Crippen LogP contribution in [0.5, 0.6) is 5.75 Å². The smallest absolute Gasteiger partial charge is 0.191 e. The van der Waals surface area contributed by atoms with Crippen molar-refractivity contribution < 1.29 is 4.74 Å². The van der Waals surface area contributed by atoms with Gasteiger partial charge in [0.25, 0.3) is 0 Å². The lowest BCUT2D eigenvalue weighted by atomic mass is 9.99. The number of guanidine groups is 1. The first kappa shape index (κ1) is 25.0. The number of benzene rings is 1. The summed E-state index contributed by atoms with van der Waals surface area (Å²) in [4.78, 5) is 7.23. The van der Waals surface area contributed by atoms with Gasteiger partial charge >= 0.3 is 0 Å². The number of aliphatic imine (C=N–C) groups is 1. The van der Waals surface area contributed by atoms with Crippen molar-refractivity contribution in [3.8, 4) is 5.75 Å². The second-order valence-electron chi connectivity index (χ2n) is 8.67. The van der Waals surface area contributed by atoms with Crippen LogP contribution in [0.1, 0.15) is 51.7 Å². The number of nitrogens with zero attached hydrogens (tertiary/aromatic N) is 2. The molecule has 2 rings (SSSR count). The fourth-order valence-electron chi connectivity index (χ4n) is 3.40. The summed E-state index contributed by atoms with van der Waals surface area (Å²) in [5.41, 5.74) is 2.10. The minimum absolute atomic E-state index is 0. The fraction of sp³-hybridized carbons (Fsp3) is 0.682.